The Morgan fingerprint density at radius 3 is 2.67 bits per heavy atom. The number of nitrogens with two attached hydrogens (primary N) is 1. The molecule has 21 heavy (non-hydrogen) atoms. The number of nitrogens with zero attached hydrogens (tertiary/aromatic N) is 4. The summed E-state index contributed by atoms with van der Waals surface area (Å²) in [4.78, 5) is 14.3. The summed E-state index contributed by atoms with van der Waals surface area (Å²) in [5.74, 6) is 1.13. The van der Waals surface area contributed by atoms with E-state index in [0.29, 0.717) is 18.5 Å². The minimum absolute atomic E-state index is 0.186. The molecular formula is C14H20N6O. The molecule has 0 aliphatic carbocycles. The summed E-state index contributed by atoms with van der Waals surface area (Å²) >= 11 is 0. The van der Waals surface area contributed by atoms with Crippen molar-refractivity contribution in [2.75, 3.05) is 43.8 Å². The van der Waals surface area contributed by atoms with Crippen molar-refractivity contribution in [3.8, 4) is 0 Å². The van der Waals surface area contributed by atoms with E-state index >= 15 is 0 Å². The Kier molecular flexibility index (Phi) is 4.89. The molecule has 0 bridgehead atoms. The average Bonchev–Trinajstić information content (AvgIpc) is 2.45. The van der Waals surface area contributed by atoms with Gasteiger partial charge in [0.1, 0.15) is 0 Å². The molecule has 0 spiro atoms. The Balaban J connectivity index is 2.25. The third-order valence-corrected chi connectivity index (χ3v) is 2.88. The molecule has 0 aliphatic rings. The Labute approximate surface area is 124 Å². The number of hydrogen-bond acceptors (Lipinski definition) is 7. The van der Waals surface area contributed by atoms with Crippen LogP contribution in [0.4, 0.5) is 23.5 Å². The van der Waals surface area contributed by atoms with Crippen LogP contribution in [0.5, 0.6) is 0 Å². The highest BCUT2D eigenvalue weighted by molar-refractivity contribution is 5.59. The normalized spacial score (nSPS) is 10.4. The standard InChI is InChI=1S/C14H20N6O/c1-20(2)14-18-12(15)17-13(19-14)16-11-7-5-4-6-10(11)8-9-21-3/h4-7H,8-9H2,1-3H3,(H3,15,16,17,18,19). The van der Waals surface area contributed by atoms with E-state index in [9.17, 15) is 0 Å². The van der Waals surface area contributed by atoms with Gasteiger partial charge in [-0.1, -0.05) is 18.2 Å². The largest absolute Gasteiger partial charge is 0.384 e. The molecule has 0 radical (unpaired) electrons. The average molecular weight is 288 g/mol. The molecular weight excluding hydrogens is 268 g/mol. The molecule has 2 aromatic rings. The van der Waals surface area contributed by atoms with Crippen molar-refractivity contribution in [2.24, 2.45) is 0 Å². The molecule has 0 amide bonds. The quantitative estimate of drug-likeness (QED) is 0.831. The summed E-state index contributed by atoms with van der Waals surface area (Å²) in [7, 11) is 5.39. The van der Waals surface area contributed by atoms with Gasteiger partial charge in [0.25, 0.3) is 0 Å². The van der Waals surface area contributed by atoms with Gasteiger partial charge in [-0.3, -0.25) is 0 Å². The molecule has 1 aromatic heterocycles. The predicted octanol–water partition coefficient (Wildman–Crippen LogP) is 1.45. The Hall–Kier alpha value is -2.41. The SMILES string of the molecule is COCCc1ccccc1Nc1nc(N)nc(N(C)C)n1. The first-order valence-electron chi connectivity index (χ1n) is 6.63. The third-order valence-electron chi connectivity index (χ3n) is 2.88. The summed E-state index contributed by atoms with van der Waals surface area (Å²) in [5, 5.41) is 3.19. The lowest BCUT2D eigenvalue weighted by Crippen LogP contribution is -2.16. The molecule has 3 N–H and O–H groups in total. The van der Waals surface area contributed by atoms with Gasteiger partial charge in [0.15, 0.2) is 0 Å². The van der Waals surface area contributed by atoms with Crippen molar-refractivity contribution in [2.45, 2.75) is 6.42 Å². The van der Waals surface area contributed by atoms with Gasteiger partial charge < -0.3 is 20.7 Å². The molecule has 7 nitrogen and oxygen atoms in total. The number of ether oxygens (including phenoxy) is 1. The molecule has 0 aliphatic heterocycles. The zero-order chi connectivity index (χ0) is 15.2. The van der Waals surface area contributed by atoms with Crippen LogP contribution in [-0.4, -0.2) is 42.8 Å². The number of rotatable bonds is 6. The van der Waals surface area contributed by atoms with E-state index in [4.69, 9.17) is 10.5 Å². The highest BCUT2D eigenvalue weighted by Crippen LogP contribution is 2.20. The van der Waals surface area contributed by atoms with E-state index in [-0.39, 0.29) is 5.95 Å². The molecule has 1 aromatic carbocycles. The van der Waals surface area contributed by atoms with E-state index in [1.54, 1.807) is 12.0 Å². The topological polar surface area (TPSA) is 89.2 Å². The number of nitrogen functional groups attached to an aromatic ring is 1. The lowest BCUT2D eigenvalue weighted by Gasteiger charge is -2.14. The zero-order valence-corrected chi connectivity index (χ0v) is 12.5. The number of methoxy groups -OCH3 is 1. The second-order valence-corrected chi connectivity index (χ2v) is 4.74. The number of aromatic nitrogens is 3. The van der Waals surface area contributed by atoms with Gasteiger partial charge >= 0.3 is 0 Å². The van der Waals surface area contributed by atoms with Crippen LogP contribution in [0.25, 0.3) is 0 Å². The first kappa shape index (κ1) is 15.0. The highest BCUT2D eigenvalue weighted by atomic mass is 16.5. The molecule has 112 valence electrons. The van der Waals surface area contributed by atoms with Gasteiger partial charge in [-0.25, -0.2) is 0 Å². The van der Waals surface area contributed by atoms with Crippen molar-refractivity contribution < 1.29 is 4.74 Å². The molecule has 0 saturated carbocycles. The number of benzene rings is 1. The maximum absolute atomic E-state index is 5.72. The number of anilines is 4. The summed E-state index contributed by atoms with van der Waals surface area (Å²) < 4.78 is 5.12. The monoisotopic (exact) mass is 288 g/mol. The van der Waals surface area contributed by atoms with E-state index < -0.39 is 0 Å². The van der Waals surface area contributed by atoms with Crippen LogP contribution in [0.15, 0.2) is 24.3 Å². The van der Waals surface area contributed by atoms with Crippen molar-refractivity contribution in [1.82, 2.24) is 15.0 Å². The van der Waals surface area contributed by atoms with Gasteiger partial charge in [-0.2, -0.15) is 15.0 Å². The van der Waals surface area contributed by atoms with Crippen molar-refractivity contribution in [3.05, 3.63) is 29.8 Å². The number of hydrogen-bond donors (Lipinski definition) is 2. The lowest BCUT2D eigenvalue weighted by molar-refractivity contribution is 0.202. The van der Waals surface area contributed by atoms with Crippen LogP contribution in [-0.2, 0) is 11.2 Å². The Morgan fingerprint density at radius 1 is 1.19 bits per heavy atom. The van der Waals surface area contributed by atoms with E-state index in [0.717, 1.165) is 17.7 Å². The van der Waals surface area contributed by atoms with E-state index in [1.807, 2.05) is 38.4 Å². The van der Waals surface area contributed by atoms with Crippen molar-refractivity contribution in [1.29, 1.82) is 0 Å². The van der Waals surface area contributed by atoms with Crippen molar-refractivity contribution >= 4 is 23.5 Å². The fraction of sp³-hybridized carbons (Fsp3) is 0.357. The van der Waals surface area contributed by atoms with Crippen LogP contribution in [0.1, 0.15) is 5.56 Å². The smallest absolute Gasteiger partial charge is 0.233 e. The fourth-order valence-corrected chi connectivity index (χ4v) is 1.83. The summed E-state index contributed by atoms with van der Waals surface area (Å²) in [5.41, 5.74) is 7.78. The Morgan fingerprint density at radius 2 is 1.95 bits per heavy atom. The maximum Gasteiger partial charge on any atom is 0.233 e. The number of nitrogens with one attached hydrogen (secondary N) is 1. The van der Waals surface area contributed by atoms with E-state index in [2.05, 4.69) is 20.3 Å². The zero-order valence-electron chi connectivity index (χ0n) is 12.5. The van der Waals surface area contributed by atoms with Gasteiger partial charge in [0.2, 0.25) is 17.8 Å². The summed E-state index contributed by atoms with van der Waals surface area (Å²) in [6.45, 7) is 0.654. The second-order valence-electron chi connectivity index (χ2n) is 4.74. The third kappa shape index (κ3) is 4.03. The highest BCUT2D eigenvalue weighted by Gasteiger charge is 2.08. The van der Waals surface area contributed by atoms with Crippen LogP contribution in [0.2, 0.25) is 0 Å². The predicted molar refractivity (Wildman–Crippen MR) is 83.9 cm³/mol. The molecule has 0 fully saturated rings. The number of para-hydroxylation sites is 1. The molecule has 2 rings (SSSR count). The van der Waals surface area contributed by atoms with Crippen LogP contribution in [0.3, 0.4) is 0 Å². The summed E-state index contributed by atoms with van der Waals surface area (Å²) in [6, 6.07) is 7.96. The molecule has 7 heteroatoms. The molecule has 0 atom stereocenters. The first-order chi connectivity index (χ1) is 10.1. The fourth-order valence-electron chi connectivity index (χ4n) is 1.83. The van der Waals surface area contributed by atoms with Crippen LogP contribution in [0, 0.1) is 0 Å². The Bertz CT molecular complexity index is 602. The molecule has 0 saturated heterocycles. The first-order valence-corrected chi connectivity index (χ1v) is 6.63. The van der Waals surface area contributed by atoms with Gasteiger partial charge in [0, 0.05) is 26.9 Å². The van der Waals surface area contributed by atoms with Crippen LogP contribution >= 0.6 is 0 Å². The van der Waals surface area contributed by atoms with Gasteiger partial charge in [0.05, 0.1) is 6.61 Å². The minimum atomic E-state index is 0.186. The van der Waals surface area contributed by atoms with Crippen molar-refractivity contribution in [3.63, 3.8) is 0 Å². The maximum atomic E-state index is 5.72. The lowest BCUT2D eigenvalue weighted by atomic mass is 10.1. The molecule has 1 heterocycles. The van der Waals surface area contributed by atoms with Crippen LogP contribution < -0.4 is 16.0 Å². The van der Waals surface area contributed by atoms with Gasteiger partial charge in [-0.15, -0.1) is 0 Å². The minimum Gasteiger partial charge on any atom is -0.384 e. The second kappa shape index (κ2) is 6.85. The summed E-state index contributed by atoms with van der Waals surface area (Å²) in [6.07, 6.45) is 0.806. The van der Waals surface area contributed by atoms with E-state index in [1.165, 1.54) is 0 Å². The van der Waals surface area contributed by atoms with Gasteiger partial charge in [-0.05, 0) is 18.1 Å². The molecule has 0 unspecified atom stereocenters.